The number of aromatic nitrogens is 3. The fourth-order valence-electron chi connectivity index (χ4n) is 1.24. The Hall–Kier alpha value is -1.42. The predicted octanol–water partition coefficient (Wildman–Crippen LogP) is 1.11. The van der Waals surface area contributed by atoms with Crippen LogP contribution in [0.5, 0.6) is 0 Å². The summed E-state index contributed by atoms with van der Waals surface area (Å²) in [6.45, 7) is 0. The third-order valence-electron chi connectivity index (χ3n) is 1.79. The first-order chi connectivity index (χ1) is 5.93. The molecule has 0 N–H and O–H groups in total. The number of fused-ring (bicyclic) bond motifs is 2. The Morgan fingerprint density at radius 1 is 1.33 bits per heavy atom. The molecule has 0 spiro atoms. The van der Waals surface area contributed by atoms with Gasteiger partial charge in [0.05, 0.1) is 12.4 Å². The van der Waals surface area contributed by atoms with E-state index in [1.807, 2.05) is 44.4 Å². The summed E-state index contributed by atoms with van der Waals surface area (Å²) in [5.41, 5.74) is 1.01. The van der Waals surface area contributed by atoms with Crippen molar-refractivity contribution in [3.8, 4) is 5.82 Å². The van der Waals surface area contributed by atoms with E-state index in [1.54, 1.807) is 11.7 Å². The number of hydrogen-bond acceptors (Lipinski definition) is 2. The van der Waals surface area contributed by atoms with Gasteiger partial charge in [0, 0.05) is 12.1 Å². The maximum absolute atomic E-state index is 4.43. The highest BCUT2D eigenvalue weighted by Gasteiger charge is 2.12. The molecule has 12 heavy (non-hydrogen) atoms. The van der Waals surface area contributed by atoms with Crippen LogP contribution in [0, 0.1) is 0 Å². The number of hydrogen-bond donors (Lipinski definition) is 0. The van der Waals surface area contributed by atoms with Gasteiger partial charge in [0.1, 0.15) is 0 Å². The van der Waals surface area contributed by atoms with Crippen LogP contribution < -0.4 is 3.96 Å². The Morgan fingerprint density at radius 2 is 2.33 bits per heavy atom. The molecule has 0 bridgehead atoms. The van der Waals surface area contributed by atoms with Gasteiger partial charge in [0.15, 0.2) is 11.7 Å². The lowest BCUT2D eigenvalue weighted by Gasteiger charge is -1.90. The topological polar surface area (TPSA) is 21.2 Å². The van der Waals surface area contributed by atoms with E-state index in [2.05, 4.69) is 4.98 Å². The van der Waals surface area contributed by atoms with Crippen LogP contribution in [0.25, 0.3) is 11.5 Å². The van der Waals surface area contributed by atoms with Crippen molar-refractivity contribution in [1.82, 2.24) is 8.77 Å². The van der Waals surface area contributed by atoms with Crippen molar-refractivity contribution < 1.29 is 3.96 Å². The molecular weight excluding hydrogens is 170 g/mol. The molecule has 1 aromatic heterocycles. The fourth-order valence-corrected chi connectivity index (χ4v) is 2.05. The summed E-state index contributed by atoms with van der Waals surface area (Å²) in [5, 5.41) is 0. The van der Waals surface area contributed by atoms with Gasteiger partial charge in [-0.1, -0.05) is 4.98 Å². The zero-order valence-electron chi connectivity index (χ0n) is 6.21. The van der Waals surface area contributed by atoms with Gasteiger partial charge >= 0.3 is 0 Å². The molecular formula is C8H6N3S+. The van der Waals surface area contributed by atoms with E-state index in [9.17, 15) is 0 Å². The lowest BCUT2D eigenvalue weighted by atomic mass is 10.6. The summed E-state index contributed by atoms with van der Waals surface area (Å²) in [5.74, 6) is 1.01. The van der Waals surface area contributed by atoms with Crippen LogP contribution in [0.2, 0.25) is 0 Å². The van der Waals surface area contributed by atoms with Crippen molar-refractivity contribution in [2.24, 2.45) is 0 Å². The summed E-state index contributed by atoms with van der Waals surface area (Å²) < 4.78 is 4.07. The molecule has 2 aliphatic heterocycles. The van der Waals surface area contributed by atoms with Gasteiger partial charge in [-0.05, 0) is 12.1 Å². The zero-order valence-corrected chi connectivity index (χ0v) is 7.03. The molecule has 0 unspecified atom stereocenters. The van der Waals surface area contributed by atoms with Gasteiger partial charge in [0.2, 0.25) is 0 Å². The third kappa shape index (κ3) is 0.698. The Bertz CT molecular complexity index is 454. The quantitative estimate of drug-likeness (QED) is 0.470. The Balaban J connectivity index is 2.56. The molecule has 4 heteroatoms. The SMILES string of the molecule is c1cc2nc3ccc[n+]-3sn2c1. The van der Waals surface area contributed by atoms with Crippen molar-refractivity contribution >= 4 is 17.4 Å². The summed E-state index contributed by atoms with van der Waals surface area (Å²) in [7, 11) is 0. The maximum Gasteiger partial charge on any atom is 0.281 e. The highest BCUT2D eigenvalue weighted by atomic mass is 32.1. The van der Waals surface area contributed by atoms with Crippen LogP contribution in [-0.4, -0.2) is 8.77 Å². The minimum absolute atomic E-state index is 1.01. The molecule has 1 aromatic rings. The normalized spacial score (nSPS) is 11.3. The summed E-state index contributed by atoms with van der Waals surface area (Å²) in [4.78, 5) is 4.43. The van der Waals surface area contributed by atoms with Gasteiger partial charge in [0.25, 0.3) is 11.5 Å². The molecule has 3 rings (SSSR count). The van der Waals surface area contributed by atoms with Crippen LogP contribution in [0.15, 0.2) is 36.7 Å². The van der Waals surface area contributed by atoms with E-state index in [0.29, 0.717) is 0 Å². The molecule has 0 fully saturated rings. The van der Waals surface area contributed by atoms with Crippen molar-refractivity contribution in [2.45, 2.75) is 0 Å². The van der Waals surface area contributed by atoms with Crippen LogP contribution in [-0.2, 0) is 0 Å². The van der Waals surface area contributed by atoms with Crippen molar-refractivity contribution in [1.29, 1.82) is 0 Å². The standard InChI is InChI=1S/C8H6N3S/c1-3-7-9-8-4-2-6-11(8)12-10(7)5-1/h1-6H/q+1. The van der Waals surface area contributed by atoms with Gasteiger partial charge < -0.3 is 0 Å². The van der Waals surface area contributed by atoms with E-state index < -0.39 is 0 Å². The first-order valence-corrected chi connectivity index (χ1v) is 4.42. The average Bonchev–Trinajstić information content (AvgIpc) is 2.64. The van der Waals surface area contributed by atoms with E-state index in [1.165, 1.54) is 0 Å². The summed E-state index contributed by atoms with van der Waals surface area (Å²) >= 11 is 1.64. The molecule has 0 atom stereocenters. The highest BCUT2D eigenvalue weighted by Crippen LogP contribution is 2.06. The first-order valence-electron chi connectivity index (χ1n) is 3.69. The van der Waals surface area contributed by atoms with Crippen LogP contribution in [0.1, 0.15) is 0 Å². The molecule has 0 aliphatic carbocycles. The third-order valence-corrected chi connectivity index (χ3v) is 2.76. The lowest BCUT2D eigenvalue weighted by Crippen LogP contribution is -2.26. The second-order valence-corrected chi connectivity index (χ2v) is 3.53. The van der Waals surface area contributed by atoms with E-state index >= 15 is 0 Å². The number of nitrogens with zero attached hydrogens (tertiary/aromatic N) is 3. The van der Waals surface area contributed by atoms with Crippen LogP contribution in [0.4, 0.5) is 0 Å². The smallest absolute Gasteiger partial charge is 0.152 e. The van der Waals surface area contributed by atoms with E-state index in [4.69, 9.17) is 0 Å². The molecule has 3 heterocycles. The monoisotopic (exact) mass is 176 g/mol. The van der Waals surface area contributed by atoms with Crippen molar-refractivity contribution in [2.75, 3.05) is 0 Å². The molecule has 0 saturated heterocycles. The van der Waals surface area contributed by atoms with E-state index in [0.717, 1.165) is 11.5 Å². The van der Waals surface area contributed by atoms with Crippen LogP contribution in [0.3, 0.4) is 0 Å². The Labute approximate surface area is 73.2 Å². The Kier molecular flexibility index (Phi) is 1.04. The van der Waals surface area contributed by atoms with Crippen LogP contribution >= 0.6 is 11.7 Å². The van der Waals surface area contributed by atoms with Crippen molar-refractivity contribution in [3.63, 3.8) is 0 Å². The molecule has 0 aromatic carbocycles. The van der Waals surface area contributed by atoms with E-state index in [-0.39, 0.29) is 0 Å². The van der Waals surface area contributed by atoms with Gasteiger partial charge in [-0.2, -0.15) is 7.75 Å². The van der Waals surface area contributed by atoms with Gasteiger partial charge in [-0.25, -0.2) is 0 Å². The molecule has 0 amide bonds. The average molecular weight is 176 g/mol. The minimum atomic E-state index is 1.01. The summed E-state index contributed by atoms with van der Waals surface area (Å²) in [6.07, 6.45) is 4.01. The molecule has 58 valence electrons. The largest absolute Gasteiger partial charge is 0.281 e. The molecule has 3 nitrogen and oxygen atoms in total. The second-order valence-electron chi connectivity index (χ2n) is 2.58. The lowest BCUT2D eigenvalue weighted by molar-refractivity contribution is -0.524. The fraction of sp³-hybridized carbons (Fsp3) is 0. The van der Waals surface area contributed by atoms with Gasteiger partial charge in [-0.3, -0.25) is 0 Å². The number of rotatable bonds is 0. The van der Waals surface area contributed by atoms with Gasteiger partial charge in [-0.15, -0.1) is 0 Å². The minimum Gasteiger partial charge on any atom is -0.152 e. The molecule has 0 saturated carbocycles. The first kappa shape index (κ1) is 6.14. The zero-order chi connectivity index (χ0) is 7.97. The molecule has 2 aliphatic rings. The van der Waals surface area contributed by atoms with Crippen molar-refractivity contribution in [3.05, 3.63) is 36.7 Å². The Morgan fingerprint density at radius 3 is 3.33 bits per heavy atom. The summed E-state index contributed by atoms with van der Waals surface area (Å²) in [6, 6.07) is 8.00. The predicted molar refractivity (Wildman–Crippen MR) is 45.8 cm³/mol. The maximum atomic E-state index is 4.43. The second kappa shape index (κ2) is 2.04. The molecule has 0 radical (unpaired) electrons. The highest BCUT2D eigenvalue weighted by molar-refractivity contribution is 6.95.